The van der Waals surface area contributed by atoms with Gasteiger partial charge >= 0.3 is 0 Å². The van der Waals surface area contributed by atoms with Gasteiger partial charge < -0.3 is 33.5 Å². The van der Waals surface area contributed by atoms with Crippen LogP contribution in [0.1, 0.15) is 76.0 Å². The summed E-state index contributed by atoms with van der Waals surface area (Å²) in [5.74, 6) is -1.24. The van der Waals surface area contributed by atoms with Gasteiger partial charge in [-0.3, -0.25) is 0 Å². The molecular weight excluding hydrogens is 568 g/mol. The smallest absolute Gasteiger partial charge is 0.164 e. The van der Waals surface area contributed by atoms with Crippen LogP contribution in [0, 0.1) is 13.8 Å². The number of aliphatic hydroxyl groups is 1. The molecule has 0 aliphatic carbocycles. The summed E-state index contributed by atoms with van der Waals surface area (Å²) in [6.07, 6.45) is 2.47. The van der Waals surface area contributed by atoms with Crippen LogP contribution in [0.5, 0.6) is 0 Å². The zero-order valence-corrected chi connectivity index (χ0v) is 26.1. The van der Waals surface area contributed by atoms with Crippen molar-refractivity contribution in [3.63, 3.8) is 0 Å². The number of fused-ring (bicyclic) bond motifs is 4. The molecule has 4 aromatic rings. The third-order valence-electron chi connectivity index (χ3n) is 8.81. The van der Waals surface area contributed by atoms with Gasteiger partial charge in [-0.2, -0.15) is 10.2 Å². The zero-order valence-electron chi connectivity index (χ0n) is 26.1. The topological polar surface area (TPSA) is 136 Å². The fourth-order valence-electron chi connectivity index (χ4n) is 6.90. The van der Waals surface area contributed by atoms with Crippen LogP contribution in [0.25, 0.3) is 11.0 Å². The van der Waals surface area contributed by atoms with Crippen molar-refractivity contribution >= 4 is 11.0 Å². The quantitative estimate of drug-likeness (QED) is 0.365. The minimum absolute atomic E-state index is 0.0292. The van der Waals surface area contributed by atoms with Gasteiger partial charge in [0.1, 0.15) is 55.4 Å². The summed E-state index contributed by atoms with van der Waals surface area (Å²) in [5.41, 5.74) is 5.66. The second-order valence-corrected chi connectivity index (χ2v) is 12.7. The van der Waals surface area contributed by atoms with Crippen molar-refractivity contribution < 1.29 is 33.5 Å². The van der Waals surface area contributed by atoms with Crippen LogP contribution < -0.4 is 0 Å². The summed E-state index contributed by atoms with van der Waals surface area (Å²) in [6.45, 7) is 13.6. The Morgan fingerprint density at radius 2 is 1.11 bits per heavy atom. The van der Waals surface area contributed by atoms with E-state index in [0.717, 1.165) is 40.2 Å². The number of nitrogens with zero attached hydrogens (tertiary/aromatic N) is 6. The molecule has 8 rings (SSSR count). The maximum Gasteiger partial charge on any atom is 0.164 e. The second-order valence-electron chi connectivity index (χ2n) is 12.7. The van der Waals surface area contributed by atoms with Gasteiger partial charge in [-0.25, -0.2) is 19.0 Å². The molecule has 0 radical (unpaired) electrons. The van der Waals surface area contributed by atoms with Crippen molar-refractivity contribution in [3.05, 3.63) is 59.7 Å². The van der Waals surface area contributed by atoms with E-state index in [-0.39, 0.29) is 49.3 Å². The highest BCUT2D eigenvalue weighted by Gasteiger charge is 2.57. The Balaban J connectivity index is 0.000000142. The number of rotatable bonds is 4. The lowest BCUT2D eigenvalue weighted by molar-refractivity contribution is -0.191. The maximum absolute atomic E-state index is 9.56. The highest BCUT2D eigenvalue weighted by molar-refractivity contribution is 5.53. The van der Waals surface area contributed by atoms with Gasteiger partial charge in [-0.1, -0.05) is 6.92 Å². The lowest BCUT2D eigenvalue weighted by Crippen LogP contribution is -2.31. The van der Waals surface area contributed by atoms with E-state index in [2.05, 4.69) is 27.1 Å². The Bertz CT molecular complexity index is 1550. The molecule has 8 heterocycles. The molecule has 13 heteroatoms. The number of hydrogen-bond donors (Lipinski definition) is 1. The molecule has 0 saturated carbocycles. The van der Waals surface area contributed by atoms with Crippen molar-refractivity contribution in [1.29, 1.82) is 0 Å². The van der Waals surface area contributed by atoms with Crippen LogP contribution in [-0.2, 0) is 28.4 Å². The largest absolute Gasteiger partial charge is 0.394 e. The maximum atomic E-state index is 9.56. The van der Waals surface area contributed by atoms with Gasteiger partial charge in [-0.05, 0) is 72.2 Å². The number of ether oxygens (including phenoxy) is 6. The molecule has 0 aromatic carbocycles. The van der Waals surface area contributed by atoms with Gasteiger partial charge in [0.25, 0.3) is 0 Å². The molecule has 4 aliphatic rings. The van der Waals surface area contributed by atoms with Crippen molar-refractivity contribution in [2.24, 2.45) is 0 Å². The first-order valence-electron chi connectivity index (χ1n) is 15.2. The zero-order chi connectivity index (χ0) is 31.0. The van der Waals surface area contributed by atoms with Crippen LogP contribution in [-0.4, -0.2) is 89.1 Å². The molecule has 1 N–H and O–H groups in total. The highest BCUT2D eigenvalue weighted by Crippen LogP contribution is 2.47. The van der Waals surface area contributed by atoms with Crippen molar-refractivity contribution in [3.8, 4) is 0 Å². The molecule has 0 bridgehead atoms. The average Bonchev–Trinajstić information content (AvgIpc) is 3.80. The summed E-state index contributed by atoms with van der Waals surface area (Å²) < 4.78 is 40.0. The van der Waals surface area contributed by atoms with Gasteiger partial charge in [0.15, 0.2) is 11.6 Å². The van der Waals surface area contributed by atoms with Gasteiger partial charge in [0, 0.05) is 0 Å². The normalized spacial score (nSPS) is 33.5. The Kier molecular flexibility index (Phi) is 7.28. The predicted molar refractivity (Wildman–Crippen MR) is 156 cm³/mol. The lowest BCUT2D eigenvalue weighted by Gasteiger charge is -2.23. The fourth-order valence-corrected chi connectivity index (χ4v) is 6.90. The van der Waals surface area contributed by atoms with Crippen molar-refractivity contribution in [1.82, 2.24) is 29.2 Å². The fraction of sp³-hybridized carbons (Fsp3) is 0.613. The van der Waals surface area contributed by atoms with Crippen LogP contribution in [0.3, 0.4) is 0 Å². The van der Waals surface area contributed by atoms with E-state index in [9.17, 15) is 5.11 Å². The highest BCUT2D eigenvalue weighted by atomic mass is 16.8. The Morgan fingerprint density at radius 1 is 0.682 bits per heavy atom. The number of aliphatic hydroxyl groups excluding tert-OH is 1. The summed E-state index contributed by atoms with van der Waals surface area (Å²) in [4.78, 5) is 8.44. The molecule has 0 spiro atoms. The van der Waals surface area contributed by atoms with E-state index < -0.39 is 17.7 Å². The van der Waals surface area contributed by atoms with E-state index in [1.807, 2.05) is 74.8 Å². The van der Waals surface area contributed by atoms with E-state index in [1.165, 1.54) is 6.33 Å². The third kappa shape index (κ3) is 4.91. The minimum Gasteiger partial charge on any atom is -0.394 e. The Labute approximate surface area is 255 Å². The first-order chi connectivity index (χ1) is 21.0. The summed E-state index contributed by atoms with van der Waals surface area (Å²) in [6, 6.07) is 8.01. The third-order valence-corrected chi connectivity index (χ3v) is 8.81. The standard InChI is InChI=1S/C16H21N3O3.C15H19N3O4/c1-5-12-14-15(22-16(3,4)21-14)13(20-12)11-7-6-10-9(2)17-8-18-19(10)11;1-8-9-4-5-10(18(9)17-7-16-8)12-14-13(11(6-19)20-12)21-15(2,3)22-14/h6-8,12-15H,5H2,1-4H3;4-5,7,11-14,19H,6H2,1-3H3/t12-,13+,14-,15+;11-,12+,13-,14+/m11/s1. The lowest BCUT2D eigenvalue weighted by atomic mass is 10.0. The predicted octanol–water partition coefficient (Wildman–Crippen LogP) is 3.40. The molecule has 44 heavy (non-hydrogen) atoms. The Morgan fingerprint density at radius 3 is 1.57 bits per heavy atom. The van der Waals surface area contributed by atoms with E-state index in [1.54, 1.807) is 6.33 Å². The number of aryl methyl sites for hydroxylation is 2. The van der Waals surface area contributed by atoms with E-state index >= 15 is 0 Å². The molecular formula is C31H40N6O7. The number of aromatic nitrogens is 6. The van der Waals surface area contributed by atoms with Crippen molar-refractivity contribution in [2.75, 3.05) is 6.61 Å². The molecule has 0 unspecified atom stereocenters. The van der Waals surface area contributed by atoms with Gasteiger partial charge in [-0.15, -0.1) is 0 Å². The molecule has 4 aliphatic heterocycles. The van der Waals surface area contributed by atoms with Crippen LogP contribution >= 0.6 is 0 Å². The van der Waals surface area contributed by atoms with Crippen LogP contribution in [0.2, 0.25) is 0 Å². The minimum atomic E-state index is -0.678. The van der Waals surface area contributed by atoms with Crippen LogP contribution in [0.15, 0.2) is 36.9 Å². The molecule has 0 amide bonds. The van der Waals surface area contributed by atoms with Crippen LogP contribution in [0.4, 0.5) is 0 Å². The summed E-state index contributed by atoms with van der Waals surface area (Å²) in [5, 5.41) is 18.3. The first kappa shape index (κ1) is 29.7. The van der Waals surface area contributed by atoms with Crippen molar-refractivity contribution in [2.45, 2.75) is 115 Å². The average molecular weight is 609 g/mol. The SMILES string of the molecule is CC[C@H]1O[C@@H](c2ccc3c(C)ncnn23)[C@@H]2OC(C)(C)O[C@@H]21.Cc1ncnn2c([C@@H]3O[C@H](CO)[C@H]4OC(C)(C)O[C@H]43)ccc12. The van der Waals surface area contributed by atoms with E-state index in [0.29, 0.717) is 0 Å². The summed E-state index contributed by atoms with van der Waals surface area (Å²) in [7, 11) is 0. The molecule has 236 valence electrons. The second kappa shape index (κ2) is 10.8. The molecule has 4 aromatic heterocycles. The molecule has 8 atom stereocenters. The van der Waals surface area contributed by atoms with E-state index in [4.69, 9.17) is 28.4 Å². The summed E-state index contributed by atoms with van der Waals surface area (Å²) >= 11 is 0. The Hall–Kier alpha value is -3.04. The molecule has 13 nitrogen and oxygen atoms in total. The monoisotopic (exact) mass is 608 g/mol. The first-order valence-corrected chi connectivity index (χ1v) is 15.2. The number of hydrogen-bond acceptors (Lipinski definition) is 11. The molecule has 4 fully saturated rings. The van der Waals surface area contributed by atoms with Gasteiger partial charge in [0.2, 0.25) is 0 Å². The van der Waals surface area contributed by atoms with Gasteiger partial charge in [0.05, 0.1) is 46.5 Å². The molecule has 4 saturated heterocycles.